The number of rotatable bonds is 6. The summed E-state index contributed by atoms with van der Waals surface area (Å²) < 4.78 is 5.26. The molecule has 0 saturated heterocycles. The summed E-state index contributed by atoms with van der Waals surface area (Å²) >= 11 is 0. The van der Waals surface area contributed by atoms with Gasteiger partial charge in [0.1, 0.15) is 6.23 Å². The van der Waals surface area contributed by atoms with Crippen molar-refractivity contribution in [3.05, 3.63) is 60.2 Å². The van der Waals surface area contributed by atoms with Crippen LogP contribution in [0.5, 0.6) is 0 Å². The molecule has 0 bridgehead atoms. The van der Waals surface area contributed by atoms with Gasteiger partial charge in [-0.1, -0.05) is 54.6 Å². The molecule has 0 aliphatic rings. The molecule has 2 N–H and O–H groups in total. The third kappa shape index (κ3) is 3.66. The lowest BCUT2D eigenvalue weighted by atomic mass is 10.0. The van der Waals surface area contributed by atoms with Gasteiger partial charge in [-0.15, -0.1) is 0 Å². The minimum absolute atomic E-state index is 0.140. The molecule has 0 amide bonds. The molecular formula is C16H17NO3. The van der Waals surface area contributed by atoms with E-state index in [-0.39, 0.29) is 6.54 Å². The molecule has 1 atom stereocenters. The van der Waals surface area contributed by atoms with Crippen molar-refractivity contribution in [1.82, 2.24) is 5.32 Å². The van der Waals surface area contributed by atoms with Gasteiger partial charge in [0.05, 0.1) is 6.54 Å². The number of aliphatic carboxylic acids is 1. The summed E-state index contributed by atoms with van der Waals surface area (Å²) in [5, 5.41) is 11.5. The van der Waals surface area contributed by atoms with Crippen molar-refractivity contribution in [3.63, 3.8) is 0 Å². The number of hydrogen-bond donors (Lipinski definition) is 2. The number of carbonyl (C=O) groups is 1. The van der Waals surface area contributed by atoms with Gasteiger partial charge < -0.3 is 9.84 Å². The average molecular weight is 271 g/mol. The minimum Gasteiger partial charge on any atom is -0.480 e. The van der Waals surface area contributed by atoms with Crippen LogP contribution < -0.4 is 5.32 Å². The zero-order valence-electron chi connectivity index (χ0n) is 11.2. The van der Waals surface area contributed by atoms with E-state index in [0.717, 1.165) is 16.7 Å². The van der Waals surface area contributed by atoms with Gasteiger partial charge in [-0.05, 0) is 16.7 Å². The quantitative estimate of drug-likeness (QED) is 0.793. The molecule has 2 aromatic carbocycles. The molecule has 0 heterocycles. The van der Waals surface area contributed by atoms with Gasteiger partial charge >= 0.3 is 5.97 Å². The molecule has 0 spiro atoms. The first-order valence-corrected chi connectivity index (χ1v) is 6.34. The van der Waals surface area contributed by atoms with Crippen LogP contribution in [0.1, 0.15) is 11.8 Å². The Labute approximate surface area is 118 Å². The van der Waals surface area contributed by atoms with Gasteiger partial charge in [0.25, 0.3) is 0 Å². The van der Waals surface area contributed by atoms with Crippen LogP contribution in [0.15, 0.2) is 54.6 Å². The van der Waals surface area contributed by atoms with Crippen LogP contribution in [0.2, 0.25) is 0 Å². The number of carboxylic acids is 1. The third-order valence-corrected chi connectivity index (χ3v) is 2.99. The summed E-state index contributed by atoms with van der Waals surface area (Å²) in [5.41, 5.74) is 3.15. The zero-order chi connectivity index (χ0) is 14.4. The van der Waals surface area contributed by atoms with Crippen LogP contribution in [-0.4, -0.2) is 24.7 Å². The fourth-order valence-corrected chi connectivity index (χ4v) is 2.00. The molecule has 0 aliphatic heterocycles. The van der Waals surface area contributed by atoms with Crippen LogP contribution in [0, 0.1) is 0 Å². The second-order valence-corrected chi connectivity index (χ2v) is 4.38. The van der Waals surface area contributed by atoms with Crippen LogP contribution in [0.4, 0.5) is 0 Å². The van der Waals surface area contributed by atoms with E-state index < -0.39 is 12.2 Å². The highest BCUT2D eigenvalue weighted by Gasteiger charge is 2.11. The van der Waals surface area contributed by atoms with Crippen molar-refractivity contribution < 1.29 is 14.6 Å². The van der Waals surface area contributed by atoms with Crippen LogP contribution in [-0.2, 0) is 9.53 Å². The highest BCUT2D eigenvalue weighted by atomic mass is 16.5. The maximum atomic E-state index is 10.6. The predicted octanol–water partition coefficient (Wildman–Crippen LogP) is 2.67. The first-order valence-electron chi connectivity index (χ1n) is 6.34. The molecule has 4 nitrogen and oxygen atoms in total. The molecule has 104 valence electrons. The van der Waals surface area contributed by atoms with Crippen LogP contribution >= 0.6 is 0 Å². The summed E-state index contributed by atoms with van der Waals surface area (Å²) in [5.74, 6) is -0.909. The maximum Gasteiger partial charge on any atom is 0.317 e. The number of nitrogens with one attached hydrogen (secondary N) is 1. The Morgan fingerprint density at radius 3 is 2.25 bits per heavy atom. The average Bonchev–Trinajstić information content (AvgIpc) is 2.49. The molecule has 0 radical (unpaired) electrons. The second kappa shape index (κ2) is 6.84. The lowest BCUT2D eigenvalue weighted by molar-refractivity contribution is -0.136. The van der Waals surface area contributed by atoms with E-state index in [4.69, 9.17) is 9.84 Å². The van der Waals surface area contributed by atoms with E-state index in [9.17, 15) is 4.79 Å². The topological polar surface area (TPSA) is 58.6 Å². The largest absolute Gasteiger partial charge is 0.480 e. The molecule has 2 aromatic rings. The lowest BCUT2D eigenvalue weighted by Gasteiger charge is -2.16. The van der Waals surface area contributed by atoms with Gasteiger partial charge in [0, 0.05) is 7.11 Å². The van der Waals surface area contributed by atoms with E-state index in [0.29, 0.717) is 0 Å². The molecule has 20 heavy (non-hydrogen) atoms. The fourth-order valence-electron chi connectivity index (χ4n) is 2.00. The Kier molecular flexibility index (Phi) is 4.87. The lowest BCUT2D eigenvalue weighted by Crippen LogP contribution is -2.28. The van der Waals surface area contributed by atoms with Crippen molar-refractivity contribution in [2.75, 3.05) is 13.7 Å². The van der Waals surface area contributed by atoms with Gasteiger partial charge in [-0.3, -0.25) is 10.1 Å². The summed E-state index contributed by atoms with van der Waals surface area (Å²) in [4.78, 5) is 10.6. The summed E-state index contributed by atoms with van der Waals surface area (Å²) in [7, 11) is 1.55. The molecule has 2 rings (SSSR count). The Morgan fingerprint density at radius 2 is 1.70 bits per heavy atom. The Morgan fingerprint density at radius 1 is 1.10 bits per heavy atom. The van der Waals surface area contributed by atoms with Crippen LogP contribution in [0.25, 0.3) is 11.1 Å². The normalized spacial score (nSPS) is 12.1. The van der Waals surface area contributed by atoms with Crippen molar-refractivity contribution in [2.24, 2.45) is 0 Å². The van der Waals surface area contributed by atoms with Gasteiger partial charge in [-0.2, -0.15) is 0 Å². The highest BCUT2D eigenvalue weighted by molar-refractivity contribution is 5.69. The molecule has 0 aromatic heterocycles. The molecule has 0 fully saturated rings. The Hall–Kier alpha value is -2.17. The molecule has 1 unspecified atom stereocenters. The number of benzene rings is 2. The number of methoxy groups -OCH3 is 1. The molecular weight excluding hydrogens is 254 g/mol. The van der Waals surface area contributed by atoms with Gasteiger partial charge in [-0.25, -0.2) is 0 Å². The molecule has 0 aliphatic carbocycles. The first kappa shape index (κ1) is 14.2. The number of hydrogen-bond acceptors (Lipinski definition) is 3. The van der Waals surface area contributed by atoms with Crippen molar-refractivity contribution in [2.45, 2.75) is 6.23 Å². The van der Waals surface area contributed by atoms with E-state index in [1.165, 1.54) is 0 Å². The van der Waals surface area contributed by atoms with E-state index in [1.807, 2.05) is 54.6 Å². The highest BCUT2D eigenvalue weighted by Crippen LogP contribution is 2.22. The van der Waals surface area contributed by atoms with E-state index in [2.05, 4.69) is 5.32 Å². The standard InChI is InChI=1S/C16H17NO3/c1-20-16(17-11-15(18)19)14-9-7-13(8-10-14)12-5-3-2-4-6-12/h2-10,16-17H,11H2,1H3,(H,18,19). The SMILES string of the molecule is COC(NCC(=O)O)c1ccc(-c2ccccc2)cc1. The Balaban J connectivity index is 2.12. The summed E-state index contributed by atoms with van der Waals surface area (Å²) in [6, 6.07) is 17.9. The van der Waals surface area contributed by atoms with E-state index >= 15 is 0 Å². The smallest absolute Gasteiger partial charge is 0.317 e. The Bertz CT molecular complexity index is 552. The van der Waals surface area contributed by atoms with E-state index in [1.54, 1.807) is 7.11 Å². The summed E-state index contributed by atoms with van der Waals surface area (Å²) in [6.45, 7) is -0.140. The monoisotopic (exact) mass is 271 g/mol. The van der Waals surface area contributed by atoms with Crippen molar-refractivity contribution in [3.8, 4) is 11.1 Å². The molecule has 4 heteroatoms. The van der Waals surface area contributed by atoms with Crippen LogP contribution in [0.3, 0.4) is 0 Å². The summed E-state index contributed by atoms with van der Waals surface area (Å²) in [6.07, 6.45) is -0.420. The second-order valence-electron chi connectivity index (χ2n) is 4.38. The minimum atomic E-state index is -0.909. The molecule has 0 saturated carbocycles. The zero-order valence-corrected chi connectivity index (χ0v) is 11.2. The number of carboxylic acid groups (broad SMARTS) is 1. The van der Waals surface area contributed by atoms with Crippen molar-refractivity contribution >= 4 is 5.97 Å². The van der Waals surface area contributed by atoms with Gasteiger partial charge in [0.2, 0.25) is 0 Å². The maximum absolute atomic E-state index is 10.6. The predicted molar refractivity (Wildman–Crippen MR) is 77.3 cm³/mol. The fraction of sp³-hybridized carbons (Fsp3) is 0.188. The number of ether oxygens (including phenoxy) is 1. The third-order valence-electron chi connectivity index (χ3n) is 2.99. The first-order chi connectivity index (χ1) is 9.70. The van der Waals surface area contributed by atoms with Gasteiger partial charge in [0.15, 0.2) is 0 Å². The van der Waals surface area contributed by atoms with Crippen molar-refractivity contribution in [1.29, 1.82) is 0 Å².